The Hall–Kier alpha value is -2.67. The maximum Gasteiger partial charge on any atom is 0.195 e. The van der Waals surface area contributed by atoms with E-state index in [2.05, 4.69) is 10.2 Å². The standard InChI is InChI=1S/C19H18FN3O2S/c1-25-18-7-3-2-5-16(18)23-13-21-22-19(23)26-12-4-6-17(24)14-8-10-15(20)11-9-14/h2-3,5,7-11,13H,4,6,12H2,1H3. The van der Waals surface area contributed by atoms with Crippen molar-refractivity contribution in [3.63, 3.8) is 0 Å². The highest BCUT2D eigenvalue weighted by Crippen LogP contribution is 2.27. The van der Waals surface area contributed by atoms with Crippen LogP contribution in [0.25, 0.3) is 5.69 Å². The summed E-state index contributed by atoms with van der Waals surface area (Å²) in [6, 6.07) is 13.3. The lowest BCUT2D eigenvalue weighted by molar-refractivity contribution is 0.0982. The van der Waals surface area contributed by atoms with Crippen molar-refractivity contribution < 1.29 is 13.9 Å². The molecule has 0 radical (unpaired) electrons. The zero-order chi connectivity index (χ0) is 18.4. The van der Waals surface area contributed by atoms with Gasteiger partial charge in [-0.3, -0.25) is 9.36 Å². The fourth-order valence-electron chi connectivity index (χ4n) is 2.49. The molecule has 0 atom stereocenters. The van der Waals surface area contributed by atoms with Crippen molar-refractivity contribution in [3.05, 3.63) is 66.2 Å². The Morgan fingerprint density at radius 1 is 1.19 bits per heavy atom. The van der Waals surface area contributed by atoms with Crippen molar-refractivity contribution in [2.75, 3.05) is 12.9 Å². The summed E-state index contributed by atoms with van der Waals surface area (Å²) in [6.07, 6.45) is 2.74. The van der Waals surface area contributed by atoms with Gasteiger partial charge in [-0.2, -0.15) is 0 Å². The van der Waals surface area contributed by atoms with Crippen molar-refractivity contribution in [1.29, 1.82) is 0 Å². The summed E-state index contributed by atoms with van der Waals surface area (Å²) in [5, 5.41) is 8.86. The molecule has 26 heavy (non-hydrogen) atoms. The second-order valence-corrected chi connectivity index (χ2v) is 6.60. The number of hydrogen-bond acceptors (Lipinski definition) is 5. The average molecular weight is 371 g/mol. The Morgan fingerprint density at radius 2 is 1.96 bits per heavy atom. The Labute approximate surface area is 155 Å². The van der Waals surface area contributed by atoms with E-state index in [0.717, 1.165) is 22.3 Å². The number of para-hydroxylation sites is 2. The van der Waals surface area contributed by atoms with Crippen LogP contribution < -0.4 is 4.74 Å². The van der Waals surface area contributed by atoms with Gasteiger partial charge in [0.05, 0.1) is 12.8 Å². The van der Waals surface area contributed by atoms with Crippen LogP contribution in [-0.2, 0) is 0 Å². The number of nitrogens with zero attached hydrogens (tertiary/aromatic N) is 3. The number of ether oxygens (including phenoxy) is 1. The molecule has 0 N–H and O–H groups in total. The molecule has 0 aliphatic rings. The molecule has 3 rings (SSSR count). The Morgan fingerprint density at radius 3 is 2.73 bits per heavy atom. The minimum absolute atomic E-state index is 0.0109. The number of carbonyl (C=O) groups excluding carboxylic acids is 1. The lowest BCUT2D eigenvalue weighted by Crippen LogP contribution is -2.01. The summed E-state index contributed by atoms with van der Waals surface area (Å²) in [5.41, 5.74) is 1.40. The van der Waals surface area contributed by atoms with Crippen LogP contribution in [0.4, 0.5) is 4.39 Å². The highest BCUT2D eigenvalue weighted by Gasteiger charge is 2.12. The summed E-state index contributed by atoms with van der Waals surface area (Å²) in [6.45, 7) is 0. The summed E-state index contributed by atoms with van der Waals surface area (Å²) < 4.78 is 20.2. The normalized spacial score (nSPS) is 10.7. The lowest BCUT2D eigenvalue weighted by Gasteiger charge is -2.10. The number of benzene rings is 2. The van der Waals surface area contributed by atoms with Crippen LogP contribution in [0.15, 0.2) is 60.0 Å². The SMILES string of the molecule is COc1ccccc1-n1cnnc1SCCCC(=O)c1ccc(F)cc1. The molecule has 5 nitrogen and oxygen atoms in total. The van der Waals surface area contributed by atoms with Crippen molar-refractivity contribution in [1.82, 2.24) is 14.8 Å². The highest BCUT2D eigenvalue weighted by atomic mass is 32.2. The molecule has 0 bridgehead atoms. The van der Waals surface area contributed by atoms with Gasteiger partial charge in [-0.15, -0.1) is 10.2 Å². The van der Waals surface area contributed by atoms with Gasteiger partial charge in [0.15, 0.2) is 10.9 Å². The first kappa shape index (κ1) is 18.1. The fourth-order valence-corrected chi connectivity index (χ4v) is 3.35. The number of methoxy groups -OCH3 is 1. The van der Waals surface area contributed by atoms with Gasteiger partial charge in [-0.25, -0.2) is 4.39 Å². The molecule has 0 saturated heterocycles. The average Bonchev–Trinajstić information content (AvgIpc) is 3.14. The van der Waals surface area contributed by atoms with Crippen molar-refractivity contribution in [3.8, 4) is 11.4 Å². The number of rotatable bonds is 8. The minimum atomic E-state index is -0.340. The predicted octanol–water partition coefficient (Wildman–Crippen LogP) is 4.17. The maximum absolute atomic E-state index is 12.9. The molecule has 0 fully saturated rings. The van der Waals surface area contributed by atoms with Crippen LogP contribution in [-0.4, -0.2) is 33.4 Å². The van der Waals surface area contributed by atoms with Gasteiger partial charge in [0, 0.05) is 17.7 Å². The minimum Gasteiger partial charge on any atom is -0.495 e. The van der Waals surface area contributed by atoms with E-state index in [4.69, 9.17) is 4.74 Å². The summed E-state index contributed by atoms with van der Waals surface area (Å²) >= 11 is 1.53. The first-order chi connectivity index (χ1) is 12.7. The second-order valence-electron chi connectivity index (χ2n) is 5.54. The van der Waals surface area contributed by atoms with E-state index in [9.17, 15) is 9.18 Å². The second kappa shape index (κ2) is 8.62. The smallest absolute Gasteiger partial charge is 0.195 e. The van der Waals surface area contributed by atoms with E-state index in [1.807, 2.05) is 28.8 Å². The van der Waals surface area contributed by atoms with Crippen LogP contribution in [0.1, 0.15) is 23.2 Å². The van der Waals surface area contributed by atoms with E-state index in [-0.39, 0.29) is 11.6 Å². The molecule has 3 aromatic rings. The Balaban J connectivity index is 1.57. The molecule has 7 heteroatoms. The molecule has 0 saturated carbocycles. The van der Waals surface area contributed by atoms with E-state index < -0.39 is 0 Å². The molecule has 0 amide bonds. The summed E-state index contributed by atoms with van der Waals surface area (Å²) in [5.74, 6) is 1.13. The van der Waals surface area contributed by atoms with Crippen LogP contribution in [0.5, 0.6) is 5.75 Å². The number of carbonyl (C=O) groups is 1. The van der Waals surface area contributed by atoms with Gasteiger partial charge in [0.25, 0.3) is 0 Å². The molecular weight excluding hydrogens is 353 g/mol. The predicted molar refractivity (Wildman–Crippen MR) is 98.6 cm³/mol. The molecule has 2 aromatic carbocycles. The summed E-state index contributed by atoms with van der Waals surface area (Å²) in [7, 11) is 1.62. The topological polar surface area (TPSA) is 57.0 Å². The summed E-state index contributed by atoms with van der Waals surface area (Å²) in [4.78, 5) is 12.1. The van der Waals surface area contributed by atoms with Gasteiger partial charge in [-0.1, -0.05) is 23.9 Å². The molecule has 0 aliphatic carbocycles. The maximum atomic E-state index is 12.9. The van der Waals surface area contributed by atoms with E-state index >= 15 is 0 Å². The van der Waals surface area contributed by atoms with E-state index in [1.165, 1.54) is 36.0 Å². The molecule has 0 unspecified atom stereocenters. The Bertz CT molecular complexity index is 881. The fraction of sp³-hybridized carbons (Fsp3) is 0.211. The largest absolute Gasteiger partial charge is 0.495 e. The first-order valence-corrected chi connectivity index (χ1v) is 9.12. The first-order valence-electron chi connectivity index (χ1n) is 8.14. The molecule has 0 aliphatic heterocycles. The van der Waals surface area contributed by atoms with Crippen LogP contribution in [0, 0.1) is 5.82 Å². The van der Waals surface area contributed by atoms with Gasteiger partial charge >= 0.3 is 0 Å². The zero-order valence-electron chi connectivity index (χ0n) is 14.3. The third kappa shape index (κ3) is 4.29. The molecule has 1 heterocycles. The van der Waals surface area contributed by atoms with E-state index in [1.54, 1.807) is 13.4 Å². The van der Waals surface area contributed by atoms with Crippen LogP contribution in [0.3, 0.4) is 0 Å². The number of ketones is 1. The molecular formula is C19H18FN3O2S. The molecule has 134 valence electrons. The Kier molecular flexibility index (Phi) is 6.01. The highest BCUT2D eigenvalue weighted by molar-refractivity contribution is 7.99. The number of thioether (sulfide) groups is 1. The third-order valence-corrected chi connectivity index (χ3v) is 4.84. The van der Waals surface area contributed by atoms with Crippen molar-refractivity contribution >= 4 is 17.5 Å². The quantitative estimate of drug-likeness (QED) is 0.338. The monoisotopic (exact) mass is 371 g/mol. The molecule has 1 aromatic heterocycles. The van der Waals surface area contributed by atoms with Crippen LogP contribution >= 0.6 is 11.8 Å². The van der Waals surface area contributed by atoms with Gasteiger partial charge in [0.2, 0.25) is 0 Å². The van der Waals surface area contributed by atoms with E-state index in [0.29, 0.717) is 18.4 Å². The van der Waals surface area contributed by atoms with Gasteiger partial charge in [-0.05, 0) is 42.8 Å². The zero-order valence-corrected chi connectivity index (χ0v) is 15.1. The number of aromatic nitrogens is 3. The lowest BCUT2D eigenvalue weighted by atomic mass is 10.1. The van der Waals surface area contributed by atoms with Crippen molar-refractivity contribution in [2.24, 2.45) is 0 Å². The number of Topliss-reactive ketones (excluding diaryl/α,β-unsaturated/α-hetero) is 1. The van der Waals surface area contributed by atoms with Gasteiger partial charge in [0.1, 0.15) is 17.9 Å². The van der Waals surface area contributed by atoms with Crippen LogP contribution in [0.2, 0.25) is 0 Å². The van der Waals surface area contributed by atoms with Crippen molar-refractivity contribution in [2.45, 2.75) is 18.0 Å². The molecule has 0 spiro atoms. The van der Waals surface area contributed by atoms with Gasteiger partial charge < -0.3 is 4.74 Å². The third-order valence-electron chi connectivity index (χ3n) is 3.81. The number of hydrogen-bond donors (Lipinski definition) is 0. The number of halogens is 1.